The minimum atomic E-state index is -0.102. The van der Waals surface area contributed by atoms with Crippen LogP contribution in [0.3, 0.4) is 0 Å². The maximum atomic E-state index is 12.1. The van der Waals surface area contributed by atoms with Gasteiger partial charge in [-0.15, -0.1) is 0 Å². The number of hydrogen-bond donors (Lipinski definition) is 1. The first kappa shape index (κ1) is 13.6. The number of rotatable bonds is 2. The Hall–Kier alpha value is -1.85. The van der Waals surface area contributed by atoms with E-state index in [4.69, 9.17) is 4.74 Å². The third-order valence-corrected chi connectivity index (χ3v) is 3.39. The summed E-state index contributed by atoms with van der Waals surface area (Å²) in [7, 11) is 1.53. The molecule has 0 spiro atoms. The van der Waals surface area contributed by atoms with E-state index in [9.17, 15) is 4.79 Å². The van der Waals surface area contributed by atoms with Gasteiger partial charge in [0.1, 0.15) is 12.1 Å². The fraction of sp³-hybridized carbons (Fsp3) is 0.615. The maximum absolute atomic E-state index is 12.1. The number of aromatic nitrogens is 2. The van der Waals surface area contributed by atoms with Crippen LogP contribution in [0, 0.1) is 5.92 Å². The van der Waals surface area contributed by atoms with E-state index in [1.807, 2.05) is 4.90 Å². The zero-order chi connectivity index (χ0) is 13.7. The van der Waals surface area contributed by atoms with Gasteiger partial charge in [-0.1, -0.05) is 6.92 Å². The number of carbonyl (C=O) groups excluding carboxylic acids is 1. The van der Waals surface area contributed by atoms with Gasteiger partial charge < -0.3 is 9.64 Å². The number of methoxy groups -OCH3 is 1. The van der Waals surface area contributed by atoms with Crippen molar-refractivity contribution in [1.82, 2.24) is 14.9 Å². The standard InChI is InChI=1S/C13H20N4O2/c1-10-4-3-6-17(7-5-10)13(18)16-11-8-12(19-2)15-9-14-11/h8-10H,3-7H2,1-2H3,(H,14,15,16,18)/t10-/m0/s1. The number of likely N-dealkylation sites (tertiary alicyclic amines) is 1. The van der Waals surface area contributed by atoms with Crippen molar-refractivity contribution in [2.45, 2.75) is 26.2 Å². The molecule has 1 atom stereocenters. The second kappa shape index (κ2) is 6.36. The fourth-order valence-electron chi connectivity index (χ4n) is 2.17. The van der Waals surface area contributed by atoms with Gasteiger partial charge in [-0.25, -0.2) is 14.8 Å². The second-order valence-electron chi connectivity index (χ2n) is 4.90. The molecule has 2 rings (SSSR count). The summed E-state index contributed by atoms with van der Waals surface area (Å²) in [5, 5.41) is 2.78. The first-order valence-electron chi connectivity index (χ1n) is 6.61. The Morgan fingerprint density at radius 1 is 1.42 bits per heavy atom. The van der Waals surface area contributed by atoms with E-state index in [-0.39, 0.29) is 6.03 Å². The summed E-state index contributed by atoms with van der Waals surface area (Å²) >= 11 is 0. The number of hydrogen-bond acceptors (Lipinski definition) is 4. The van der Waals surface area contributed by atoms with E-state index in [1.165, 1.54) is 19.9 Å². The van der Waals surface area contributed by atoms with Crippen molar-refractivity contribution >= 4 is 11.8 Å². The lowest BCUT2D eigenvalue weighted by atomic mass is 10.0. The van der Waals surface area contributed by atoms with Crippen LogP contribution in [-0.4, -0.2) is 41.1 Å². The first-order chi connectivity index (χ1) is 9.19. The van der Waals surface area contributed by atoms with Crippen molar-refractivity contribution < 1.29 is 9.53 Å². The van der Waals surface area contributed by atoms with Crippen LogP contribution in [0.4, 0.5) is 10.6 Å². The zero-order valence-electron chi connectivity index (χ0n) is 11.4. The normalized spacial score (nSPS) is 19.7. The Morgan fingerprint density at radius 3 is 3.05 bits per heavy atom. The second-order valence-corrected chi connectivity index (χ2v) is 4.90. The number of nitrogens with one attached hydrogen (secondary N) is 1. The van der Waals surface area contributed by atoms with E-state index in [0.717, 1.165) is 25.9 Å². The molecule has 1 saturated heterocycles. The van der Waals surface area contributed by atoms with Gasteiger partial charge in [-0.05, 0) is 25.2 Å². The van der Waals surface area contributed by atoms with E-state index in [2.05, 4.69) is 22.2 Å². The van der Waals surface area contributed by atoms with Gasteiger partial charge in [0.2, 0.25) is 5.88 Å². The first-order valence-corrected chi connectivity index (χ1v) is 6.61. The SMILES string of the molecule is COc1cc(NC(=O)N2CCC[C@H](C)CC2)ncn1. The van der Waals surface area contributed by atoms with Crippen molar-refractivity contribution in [3.8, 4) is 5.88 Å². The summed E-state index contributed by atoms with van der Waals surface area (Å²) < 4.78 is 5.00. The summed E-state index contributed by atoms with van der Waals surface area (Å²) in [6.07, 6.45) is 4.67. The molecule has 2 heterocycles. The molecule has 19 heavy (non-hydrogen) atoms. The number of carbonyl (C=O) groups is 1. The summed E-state index contributed by atoms with van der Waals surface area (Å²) in [5.41, 5.74) is 0. The molecule has 1 aromatic rings. The number of anilines is 1. The van der Waals surface area contributed by atoms with Crippen LogP contribution < -0.4 is 10.1 Å². The molecule has 6 nitrogen and oxygen atoms in total. The van der Waals surface area contributed by atoms with Crippen LogP contribution in [0.1, 0.15) is 26.2 Å². The average molecular weight is 264 g/mol. The lowest BCUT2D eigenvalue weighted by molar-refractivity contribution is 0.213. The van der Waals surface area contributed by atoms with Gasteiger partial charge in [0.15, 0.2) is 0 Å². The van der Waals surface area contributed by atoms with Crippen molar-refractivity contribution in [3.63, 3.8) is 0 Å². The molecule has 0 aliphatic carbocycles. The largest absolute Gasteiger partial charge is 0.481 e. The predicted molar refractivity (Wildman–Crippen MR) is 72.2 cm³/mol. The van der Waals surface area contributed by atoms with Crippen LogP contribution in [0.15, 0.2) is 12.4 Å². The van der Waals surface area contributed by atoms with Crippen molar-refractivity contribution in [3.05, 3.63) is 12.4 Å². The van der Waals surface area contributed by atoms with Crippen LogP contribution >= 0.6 is 0 Å². The van der Waals surface area contributed by atoms with Crippen molar-refractivity contribution in [2.24, 2.45) is 5.92 Å². The van der Waals surface area contributed by atoms with Gasteiger partial charge in [0.25, 0.3) is 0 Å². The minimum absolute atomic E-state index is 0.102. The fourth-order valence-corrected chi connectivity index (χ4v) is 2.17. The third-order valence-electron chi connectivity index (χ3n) is 3.39. The quantitative estimate of drug-likeness (QED) is 0.888. The number of amides is 2. The van der Waals surface area contributed by atoms with Gasteiger partial charge in [-0.2, -0.15) is 0 Å². The summed E-state index contributed by atoms with van der Waals surface area (Å²) in [4.78, 5) is 21.9. The Balaban J connectivity index is 1.96. The molecule has 0 saturated carbocycles. The van der Waals surface area contributed by atoms with Crippen LogP contribution in [-0.2, 0) is 0 Å². The highest BCUT2D eigenvalue weighted by atomic mass is 16.5. The molecule has 1 aliphatic heterocycles. The highest BCUT2D eigenvalue weighted by molar-refractivity contribution is 5.88. The molecule has 2 amide bonds. The highest BCUT2D eigenvalue weighted by Crippen LogP contribution is 2.17. The molecule has 0 unspecified atom stereocenters. The molecule has 0 radical (unpaired) electrons. The van der Waals surface area contributed by atoms with Gasteiger partial charge in [0, 0.05) is 19.2 Å². The minimum Gasteiger partial charge on any atom is -0.481 e. The van der Waals surface area contributed by atoms with Crippen LogP contribution in [0.2, 0.25) is 0 Å². The molecule has 0 aromatic carbocycles. The molecule has 0 bridgehead atoms. The smallest absolute Gasteiger partial charge is 0.323 e. The molecular weight excluding hydrogens is 244 g/mol. The topological polar surface area (TPSA) is 67.3 Å². The van der Waals surface area contributed by atoms with Crippen molar-refractivity contribution in [1.29, 1.82) is 0 Å². The molecule has 1 aromatic heterocycles. The third kappa shape index (κ3) is 3.81. The molecule has 1 fully saturated rings. The van der Waals surface area contributed by atoms with Crippen LogP contribution in [0.25, 0.3) is 0 Å². The monoisotopic (exact) mass is 264 g/mol. The Bertz CT molecular complexity index is 438. The lowest BCUT2D eigenvalue weighted by Gasteiger charge is -2.20. The molecule has 6 heteroatoms. The Morgan fingerprint density at radius 2 is 2.26 bits per heavy atom. The number of urea groups is 1. The molecule has 1 aliphatic rings. The van der Waals surface area contributed by atoms with Gasteiger partial charge >= 0.3 is 6.03 Å². The lowest BCUT2D eigenvalue weighted by Crippen LogP contribution is -2.35. The molecular formula is C13H20N4O2. The molecule has 1 N–H and O–H groups in total. The molecule has 104 valence electrons. The van der Waals surface area contributed by atoms with Gasteiger partial charge in [0.05, 0.1) is 7.11 Å². The van der Waals surface area contributed by atoms with E-state index >= 15 is 0 Å². The number of nitrogens with zero attached hydrogens (tertiary/aromatic N) is 3. The highest BCUT2D eigenvalue weighted by Gasteiger charge is 2.18. The van der Waals surface area contributed by atoms with Crippen molar-refractivity contribution in [2.75, 3.05) is 25.5 Å². The van der Waals surface area contributed by atoms with E-state index < -0.39 is 0 Å². The van der Waals surface area contributed by atoms with Gasteiger partial charge in [-0.3, -0.25) is 5.32 Å². The summed E-state index contributed by atoms with van der Waals surface area (Å²) in [5.74, 6) is 1.60. The average Bonchev–Trinajstić information content (AvgIpc) is 2.64. The Labute approximate surface area is 113 Å². The van der Waals surface area contributed by atoms with Crippen LogP contribution in [0.5, 0.6) is 5.88 Å². The predicted octanol–water partition coefficient (Wildman–Crippen LogP) is 2.14. The van der Waals surface area contributed by atoms with E-state index in [1.54, 1.807) is 6.07 Å². The summed E-state index contributed by atoms with van der Waals surface area (Å²) in [6.45, 7) is 3.84. The Kier molecular flexibility index (Phi) is 4.54. The van der Waals surface area contributed by atoms with E-state index in [0.29, 0.717) is 17.6 Å². The summed E-state index contributed by atoms with van der Waals surface area (Å²) in [6, 6.07) is 1.51. The maximum Gasteiger partial charge on any atom is 0.323 e. The number of ether oxygens (including phenoxy) is 1. The zero-order valence-corrected chi connectivity index (χ0v) is 11.4.